The third-order valence-corrected chi connectivity index (χ3v) is 8.76. The normalized spacial score (nSPS) is 17.6. The van der Waals surface area contributed by atoms with Crippen LogP contribution in [0.3, 0.4) is 0 Å². The largest absolute Gasteiger partial charge is 0.357 e. The Bertz CT molecular complexity index is 1300. The molecule has 1 aromatic heterocycles. The second-order valence-corrected chi connectivity index (χ2v) is 11.5. The van der Waals surface area contributed by atoms with Crippen LogP contribution >= 0.6 is 24.0 Å². The lowest BCUT2D eigenvalue weighted by Crippen LogP contribution is -2.39. The number of nitrogens with zero attached hydrogens (tertiary/aromatic N) is 4. The highest BCUT2D eigenvalue weighted by molar-refractivity contribution is 8.26. The Balaban J connectivity index is 1.64. The summed E-state index contributed by atoms with van der Waals surface area (Å²) in [6.07, 6.45) is 7.96. The lowest BCUT2D eigenvalue weighted by atomic mass is 9.90. The van der Waals surface area contributed by atoms with Gasteiger partial charge in [0.1, 0.15) is 21.8 Å². The van der Waals surface area contributed by atoms with Crippen molar-refractivity contribution in [3.05, 3.63) is 67.8 Å². The fourth-order valence-corrected chi connectivity index (χ4v) is 6.52. The standard InChI is InChI=1S/C29H34N4O2S2/c1-4-5-9-14-33-28(35)25(37-29(33)36)18-23-20(2)24(19-30)27(34)31(3)26(23)32-15-12-22(13-16-32)17-21-10-7-6-8-11-21/h6-8,10-11,18,22H,4-5,9,12-17H2,1-3H3. The number of pyridine rings is 1. The Kier molecular flexibility index (Phi) is 8.88. The van der Waals surface area contributed by atoms with E-state index in [0.717, 1.165) is 63.0 Å². The molecule has 8 heteroatoms. The lowest BCUT2D eigenvalue weighted by Gasteiger charge is -2.36. The Labute approximate surface area is 229 Å². The van der Waals surface area contributed by atoms with Crippen LogP contribution in [-0.4, -0.2) is 39.3 Å². The van der Waals surface area contributed by atoms with Gasteiger partial charge in [0.25, 0.3) is 11.5 Å². The van der Waals surface area contributed by atoms with Crippen LogP contribution in [0.15, 0.2) is 40.0 Å². The van der Waals surface area contributed by atoms with Crippen molar-refractivity contribution in [2.75, 3.05) is 24.5 Å². The molecule has 1 amide bonds. The number of carbonyl (C=O) groups excluding carboxylic acids is 1. The number of hydrogen-bond acceptors (Lipinski definition) is 6. The van der Waals surface area contributed by atoms with E-state index in [1.165, 1.54) is 17.3 Å². The van der Waals surface area contributed by atoms with Crippen molar-refractivity contribution < 1.29 is 4.79 Å². The van der Waals surface area contributed by atoms with E-state index in [2.05, 4.69) is 42.2 Å². The summed E-state index contributed by atoms with van der Waals surface area (Å²) in [4.78, 5) is 30.8. The maximum absolute atomic E-state index is 13.2. The molecule has 2 fully saturated rings. The molecule has 4 rings (SSSR count). The number of anilines is 1. The summed E-state index contributed by atoms with van der Waals surface area (Å²) in [5.41, 5.74) is 2.54. The summed E-state index contributed by atoms with van der Waals surface area (Å²) in [5, 5.41) is 9.74. The minimum atomic E-state index is -0.300. The fourth-order valence-electron chi connectivity index (χ4n) is 5.23. The van der Waals surface area contributed by atoms with Gasteiger partial charge in [-0.15, -0.1) is 0 Å². The molecule has 194 valence electrons. The first-order valence-corrected chi connectivity index (χ1v) is 14.3. The van der Waals surface area contributed by atoms with Crippen LogP contribution in [0.25, 0.3) is 6.08 Å². The molecule has 2 saturated heterocycles. The SMILES string of the molecule is CCCCCN1C(=O)C(=Cc2c(C)c(C#N)c(=O)n(C)c2N2CCC(Cc3ccccc3)CC2)SC1=S. The van der Waals surface area contributed by atoms with E-state index in [0.29, 0.717) is 27.3 Å². The van der Waals surface area contributed by atoms with Gasteiger partial charge in [0.05, 0.1) is 4.91 Å². The van der Waals surface area contributed by atoms with E-state index >= 15 is 0 Å². The molecule has 0 radical (unpaired) electrons. The quantitative estimate of drug-likeness (QED) is 0.256. The number of piperidine rings is 1. The molecule has 6 nitrogen and oxygen atoms in total. The van der Waals surface area contributed by atoms with Crippen LogP contribution in [0.2, 0.25) is 0 Å². The van der Waals surface area contributed by atoms with Gasteiger partial charge in [-0.25, -0.2) is 0 Å². The van der Waals surface area contributed by atoms with Gasteiger partial charge < -0.3 is 4.90 Å². The first kappa shape index (κ1) is 27.2. The number of unbranched alkanes of at least 4 members (excludes halogenated alkanes) is 2. The third kappa shape index (κ3) is 5.83. The van der Waals surface area contributed by atoms with E-state index in [-0.39, 0.29) is 17.0 Å². The zero-order chi connectivity index (χ0) is 26.5. The fraction of sp³-hybridized carbons (Fsp3) is 0.448. The van der Waals surface area contributed by atoms with Crippen LogP contribution in [0, 0.1) is 24.2 Å². The molecule has 0 unspecified atom stereocenters. The molecule has 0 N–H and O–H groups in total. The molecular formula is C29H34N4O2S2. The van der Waals surface area contributed by atoms with Crippen LogP contribution in [-0.2, 0) is 18.3 Å². The average Bonchev–Trinajstić information content (AvgIpc) is 3.16. The number of hydrogen-bond donors (Lipinski definition) is 0. The predicted molar refractivity (Wildman–Crippen MR) is 156 cm³/mol. The summed E-state index contributed by atoms with van der Waals surface area (Å²) in [5.74, 6) is 1.26. The minimum Gasteiger partial charge on any atom is -0.357 e. The Morgan fingerprint density at radius 1 is 1.16 bits per heavy atom. The first-order valence-electron chi connectivity index (χ1n) is 13.0. The number of thioether (sulfide) groups is 1. The van der Waals surface area contributed by atoms with Crippen molar-refractivity contribution >= 4 is 46.1 Å². The zero-order valence-corrected chi connectivity index (χ0v) is 23.5. The van der Waals surface area contributed by atoms with Gasteiger partial charge in [-0.3, -0.25) is 19.1 Å². The summed E-state index contributed by atoms with van der Waals surface area (Å²) in [7, 11) is 1.72. The number of carbonyl (C=O) groups is 1. The molecule has 0 aliphatic carbocycles. The second-order valence-electron chi connectivity index (χ2n) is 9.87. The second kappa shape index (κ2) is 12.1. The molecule has 2 aliphatic rings. The third-order valence-electron chi connectivity index (χ3n) is 7.38. The number of nitriles is 1. The smallest absolute Gasteiger partial charge is 0.270 e. The molecule has 2 aliphatic heterocycles. The van der Waals surface area contributed by atoms with Crippen LogP contribution < -0.4 is 10.5 Å². The van der Waals surface area contributed by atoms with Crippen molar-refractivity contribution in [1.82, 2.24) is 9.47 Å². The van der Waals surface area contributed by atoms with Crippen molar-refractivity contribution in [3.63, 3.8) is 0 Å². The molecule has 37 heavy (non-hydrogen) atoms. The van der Waals surface area contributed by atoms with Crippen LogP contribution in [0.1, 0.15) is 61.3 Å². The van der Waals surface area contributed by atoms with Crippen molar-refractivity contribution in [3.8, 4) is 6.07 Å². The minimum absolute atomic E-state index is 0.0922. The monoisotopic (exact) mass is 534 g/mol. The average molecular weight is 535 g/mol. The van der Waals surface area contributed by atoms with Crippen LogP contribution in [0.5, 0.6) is 0 Å². The van der Waals surface area contributed by atoms with Gasteiger partial charge in [-0.05, 0) is 55.7 Å². The first-order chi connectivity index (χ1) is 17.8. The molecule has 0 bridgehead atoms. The number of amides is 1. The summed E-state index contributed by atoms with van der Waals surface area (Å²) in [6, 6.07) is 12.6. The maximum atomic E-state index is 13.2. The number of benzene rings is 1. The molecule has 0 spiro atoms. The number of aromatic nitrogens is 1. The van der Waals surface area contributed by atoms with Gasteiger partial charge in [-0.1, -0.05) is 74.1 Å². The maximum Gasteiger partial charge on any atom is 0.270 e. The van der Waals surface area contributed by atoms with Crippen molar-refractivity contribution in [1.29, 1.82) is 5.26 Å². The molecule has 3 heterocycles. The van der Waals surface area contributed by atoms with Gasteiger partial charge in [0.15, 0.2) is 0 Å². The van der Waals surface area contributed by atoms with E-state index < -0.39 is 0 Å². The van der Waals surface area contributed by atoms with Crippen molar-refractivity contribution in [2.45, 2.75) is 52.4 Å². The van der Waals surface area contributed by atoms with Gasteiger partial charge in [0.2, 0.25) is 0 Å². The molecule has 1 aromatic carbocycles. The topological polar surface area (TPSA) is 69.3 Å². The van der Waals surface area contributed by atoms with E-state index in [9.17, 15) is 14.9 Å². The number of thiocarbonyl (C=S) groups is 1. The molecule has 2 aromatic rings. The highest BCUT2D eigenvalue weighted by atomic mass is 32.2. The number of rotatable bonds is 8. The Hall–Kier alpha value is -2.89. The Morgan fingerprint density at radius 2 is 1.86 bits per heavy atom. The summed E-state index contributed by atoms with van der Waals surface area (Å²) >= 11 is 6.83. The molecule has 0 saturated carbocycles. The highest BCUT2D eigenvalue weighted by Gasteiger charge is 2.33. The van der Waals surface area contributed by atoms with Crippen LogP contribution in [0.4, 0.5) is 5.82 Å². The highest BCUT2D eigenvalue weighted by Crippen LogP contribution is 2.37. The predicted octanol–water partition coefficient (Wildman–Crippen LogP) is 5.42. The van der Waals surface area contributed by atoms with E-state index in [4.69, 9.17) is 12.2 Å². The molecular weight excluding hydrogens is 500 g/mol. The van der Waals surface area contributed by atoms with E-state index in [1.807, 2.05) is 12.1 Å². The van der Waals surface area contributed by atoms with E-state index in [1.54, 1.807) is 23.4 Å². The molecule has 0 atom stereocenters. The van der Waals surface area contributed by atoms with Gasteiger partial charge in [0, 0.05) is 32.2 Å². The summed E-state index contributed by atoms with van der Waals surface area (Å²) in [6.45, 7) is 6.18. The van der Waals surface area contributed by atoms with Crippen molar-refractivity contribution in [2.24, 2.45) is 13.0 Å². The summed E-state index contributed by atoms with van der Waals surface area (Å²) < 4.78 is 2.15. The van der Waals surface area contributed by atoms with Gasteiger partial charge >= 0.3 is 0 Å². The Morgan fingerprint density at radius 3 is 2.51 bits per heavy atom. The van der Waals surface area contributed by atoms with Gasteiger partial charge in [-0.2, -0.15) is 5.26 Å². The zero-order valence-electron chi connectivity index (χ0n) is 21.8. The lowest BCUT2D eigenvalue weighted by molar-refractivity contribution is -0.122.